The molecule has 0 spiro atoms. The Kier molecular flexibility index (Phi) is 4.83. The molecule has 2 aliphatic heterocycles. The van der Waals surface area contributed by atoms with Gasteiger partial charge in [0, 0.05) is 11.8 Å². The number of nitriles is 1. The molecule has 1 aliphatic carbocycles. The fourth-order valence-corrected chi connectivity index (χ4v) is 4.76. The van der Waals surface area contributed by atoms with Gasteiger partial charge in [-0.2, -0.15) is 5.26 Å². The van der Waals surface area contributed by atoms with Gasteiger partial charge in [0.05, 0.1) is 23.0 Å². The molecule has 0 saturated heterocycles. The molecular weight excluding hydrogens is 358 g/mol. The Morgan fingerprint density at radius 2 is 2.19 bits per heavy atom. The van der Waals surface area contributed by atoms with Crippen molar-refractivity contribution >= 4 is 28.5 Å². The Balaban J connectivity index is 1.49. The second-order valence-electron chi connectivity index (χ2n) is 7.26. The van der Waals surface area contributed by atoms with Crippen LogP contribution >= 0.6 is 11.8 Å². The number of amides is 1. The van der Waals surface area contributed by atoms with E-state index in [0.717, 1.165) is 48.5 Å². The standard InChI is InChI=1S/C20H23N5OS/c1-14(18(26)24-20(13-21)10-5-2-6-11-20)27-19-23-16-8-4-3-7-15(16)17-9-12-22-25(17)19/h3-4,7-9,12,14,17,22H,2,5-6,10-11H2,1H3,(H,24,26). The average molecular weight is 382 g/mol. The van der Waals surface area contributed by atoms with Crippen molar-refractivity contribution in [2.75, 3.05) is 0 Å². The highest BCUT2D eigenvalue weighted by Gasteiger charge is 2.37. The largest absolute Gasteiger partial charge is 0.337 e. The smallest absolute Gasteiger partial charge is 0.234 e. The van der Waals surface area contributed by atoms with Crippen molar-refractivity contribution in [3.05, 3.63) is 42.1 Å². The predicted molar refractivity (Wildman–Crippen MR) is 107 cm³/mol. The fourth-order valence-electron chi connectivity index (χ4n) is 3.85. The van der Waals surface area contributed by atoms with E-state index in [2.05, 4.69) is 29.0 Å². The number of amidine groups is 1. The lowest BCUT2D eigenvalue weighted by Gasteiger charge is -2.34. The topological polar surface area (TPSA) is 80.5 Å². The Bertz CT molecular complexity index is 837. The second kappa shape index (κ2) is 7.28. The minimum Gasteiger partial charge on any atom is -0.337 e. The van der Waals surface area contributed by atoms with Crippen molar-refractivity contribution in [2.45, 2.75) is 55.9 Å². The predicted octanol–water partition coefficient (Wildman–Crippen LogP) is 3.53. The summed E-state index contributed by atoms with van der Waals surface area (Å²) in [5, 5.41) is 15.0. The van der Waals surface area contributed by atoms with Crippen molar-refractivity contribution in [3.8, 4) is 6.07 Å². The Morgan fingerprint density at radius 1 is 1.41 bits per heavy atom. The number of fused-ring (bicyclic) bond motifs is 3. The summed E-state index contributed by atoms with van der Waals surface area (Å²) in [5.74, 6) is -0.103. The maximum atomic E-state index is 12.8. The van der Waals surface area contributed by atoms with E-state index in [1.165, 1.54) is 11.8 Å². The molecule has 27 heavy (non-hydrogen) atoms. The lowest BCUT2D eigenvalue weighted by atomic mass is 9.83. The Morgan fingerprint density at radius 3 is 2.96 bits per heavy atom. The van der Waals surface area contributed by atoms with E-state index < -0.39 is 5.54 Å². The number of aliphatic imine (C=N–C) groups is 1. The third kappa shape index (κ3) is 3.42. The summed E-state index contributed by atoms with van der Waals surface area (Å²) in [6, 6.07) is 10.5. The Labute approximate surface area is 163 Å². The quantitative estimate of drug-likeness (QED) is 0.837. The van der Waals surface area contributed by atoms with Crippen LogP contribution in [0.4, 0.5) is 5.69 Å². The molecule has 1 amide bonds. The third-order valence-electron chi connectivity index (χ3n) is 5.38. The number of carbonyl (C=O) groups is 1. The zero-order valence-corrected chi connectivity index (χ0v) is 16.1. The first-order valence-electron chi connectivity index (χ1n) is 9.41. The maximum Gasteiger partial charge on any atom is 0.234 e. The second-order valence-corrected chi connectivity index (χ2v) is 8.57. The van der Waals surface area contributed by atoms with Crippen LogP contribution in [0, 0.1) is 11.3 Å². The molecular formula is C20H23N5OS. The summed E-state index contributed by atoms with van der Waals surface area (Å²) in [4.78, 5) is 17.5. The zero-order chi connectivity index (χ0) is 18.9. The lowest BCUT2D eigenvalue weighted by molar-refractivity contribution is -0.121. The van der Waals surface area contributed by atoms with Crippen molar-refractivity contribution < 1.29 is 4.79 Å². The first-order chi connectivity index (χ1) is 13.1. The first kappa shape index (κ1) is 17.9. The van der Waals surface area contributed by atoms with Gasteiger partial charge in [0.25, 0.3) is 0 Å². The van der Waals surface area contributed by atoms with E-state index in [1.54, 1.807) is 0 Å². The van der Waals surface area contributed by atoms with Gasteiger partial charge in [-0.05, 0) is 31.9 Å². The van der Waals surface area contributed by atoms with Crippen molar-refractivity contribution in [1.29, 1.82) is 5.26 Å². The molecule has 0 radical (unpaired) electrons. The summed E-state index contributed by atoms with van der Waals surface area (Å²) in [7, 11) is 0. The highest BCUT2D eigenvalue weighted by Crippen LogP contribution is 2.39. The molecule has 4 rings (SSSR count). The number of hydrogen-bond donors (Lipinski definition) is 2. The SMILES string of the molecule is CC(SC1=Nc2ccccc2C2C=CNN12)C(=O)NC1(C#N)CCCCC1. The van der Waals surface area contributed by atoms with E-state index in [0.29, 0.717) is 0 Å². The minimum absolute atomic E-state index is 0.0836. The zero-order valence-electron chi connectivity index (χ0n) is 15.3. The van der Waals surface area contributed by atoms with Crippen molar-refractivity contribution in [3.63, 3.8) is 0 Å². The maximum absolute atomic E-state index is 12.8. The molecule has 140 valence electrons. The number of thioether (sulfide) groups is 1. The van der Waals surface area contributed by atoms with Crippen LogP contribution in [-0.4, -0.2) is 26.9 Å². The number of nitrogens with one attached hydrogen (secondary N) is 2. The highest BCUT2D eigenvalue weighted by molar-refractivity contribution is 8.14. The molecule has 1 aromatic rings. The number of nitrogens with zero attached hydrogens (tertiary/aromatic N) is 3. The molecule has 1 saturated carbocycles. The normalized spacial score (nSPS) is 23.3. The average Bonchev–Trinajstić information content (AvgIpc) is 3.19. The minimum atomic E-state index is -0.707. The van der Waals surface area contributed by atoms with Crippen LogP contribution in [0.3, 0.4) is 0 Å². The van der Waals surface area contributed by atoms with Crippen molar-refractivity contribution in [2.24, 2.45) is 4.99 Å². The molecule has 6 nitrogen and oxygen atoms in total. The molecule has 2 N–H and O–H groups in total. The van der Waals surface area contributed by atoms with Gasteiger partial charge >= 0.3 is 0 Å². The van der Waals surface area contributed by atoms with Gasteiger partial charge in [-0.25, -0.2) is 4.99 Å². The molecule has 0 bridgehead atoms. The fraction of sp³-hybridized carbons (Fsp3) is 0.450. The summed E-state index contributed by atoms with van der Waals surface area (Å²) < 4.78 is 0. The molecule has 3 aliphatic rings. The van der Waals surface area contributed by atoms with E-state index >= 15 is 0 Å². The number of hydrazine groups is 1. The lowest BCUT2D eigenvalue weighted by Crippen LogP contribution is -2.51. The van der Waals surface area contributed by atoms with Crippen LogP contribution in [0.2, 0.25) is 0 Å². The summed E-state index contributed by atoms with van der Waals surface area (Å²) in [6.45, 7) is 1.87. The van der Waals surface area contributed by atoms with Gasteiger partial charge in [-0.15, -0.1) is 0 Å². The van der Waals surface area contributed by atoms with Gasteiger partial charge in [-0.1, -0.05) is 49.2 Å². The molecule has 2 heterocycles. The number of para-hydroxylation sites is 1. The van der Waals surface area contributed by atoms with Crippen LogP contribution in [0.5, 0.6) is 0 Å². The number of benzene rings is 1. The van der Waals surface area contributed by atoms with Crippen LogP contribution in [0.25, 0.3) is 0 Å². The van der Waals surface area contributed by atoms with Gasteiger partial charge in [0.1, 0.15) is 5.54 Å². The highest BCUT2D eigenvalue weighted by atomic mass is 32.2. The summed E-state index contributed by atoms with van der Waals surface area (Å²) in [5.41, 5.74) is 4.58. The van der Waals surface area contributed by atoms with E-state index in [9.17, 15) is 10.1 Å². The number of carbonyl (C=O) groups excluding carboxylic acids is 1. The molecule has 1 fully saturated rings. The van der Waals surface area contributed by atoms with E-state index in [4.69, 9.17) is 4.99 Å². The molecule has 2 unspecified atom stereocenters. The van der Waals surface area contributed by atoms with Crippen LogP contribution in [0.1, 0.15) is 50.6 Å². The molecule has 7 heteroatoms. The third-order valence-corrected chi connectivity index (χ3v) is 6.45. The van der Waals surface area contributed by atoms with Gasteiger partial charge in [-0.3, -0.25) is 9.80 Å². The van der Waals surface area contributed by atoms with Crippen LogP contribution in [0.15, 0.2) is 41.5 Å². The van der Waals surface area contributed by atoms with Crippen LogP contribution < -0.4 is 10.7 Å². The number of rotatable bonds is 3. The Hall–Kier alpha value is -2.46. The summed E-state index contributed by atoms with van der Waals surface area (Å²) in [6.07, 6.45) is 8.58. The monoisotopic (exact) mass is 381 g/mol. The van der Waals surface area contributed by atoms with Crippen LogP contribution in [-0.2, 0) is 4.79 Å². The van der Waals surface area contributed by atoms with Gasteiger partial charge in [0.2, 0.25) is 5.91 Å². The molecule has 2 atom stereocenters. The van der Waals surface area contributed by atoms with E-state index in [1.807, 2.05) is 36.3 Å². The van der Waals surface area contributed by atoms with Crippen molar-refractivity contribution in [1.82, 2.24) is 15.8 Å². The van der Waals surface area contributed by atoms with Gasteiger partial charge < -0.3 is 10.7 Å². The number of hydrogen-bond acceptors (Lipinski definition) is 6. The van der Waals surface area contributed by atoms with Gasteiger partial charge in [0.15, 0.2) is 5.17 Å². The van der Waals surface area contributed by atoms with E-state index in [-0.39, 0.29) is 17.2 Å². The summed E-state index contributed by atoms with van der Waals surface area (Å²) >= 11 is 1.42. The molecule has 0 aromatic heterocycles. The molecule has 1 aromatic carbocycles. The first-order valence-corrected chi connectivity index (χ1v) is 10.3.